The third-order valence-electron chi connectivity index (χ3n) is 5.39. The first-order chi connectivity index (χ1) is 15.7. The summed E-state index contributed by atoms with van der Waals surface area (Å²) >= 11 is 0. The van der Waals surface area contributed by atoms with Gasteiger partial charge in [-0.05, 0) is 35.9 Å². The average molecular weight is 424 g/mol. The fourth-order valence-electron chi connectivity index (χ4n) is 3.86. The second-order valence-corrected chi connectivity index (χ2v) is 7.34. The van der Waals surface area contributed by atoms with Crippen molar-refractivity contribution in [2.24, 2.45) is 0 Å². The van der Waals surface area contributed by atoms with Gasteiger partial charge in [-0.25, -0.2) is 18.7 Å². The van der Waals surface area contributed by atoms with E-state index in [1.807, 2.05) is 6.07 Å². The molecule has 4 heterocycles. The van der Waals surface area contributed by atoms with Gasteiger partial charge in [-0.15, -0.1) is 0 Å². The predicted molar refractivity (Wildman–Crippen MR) is 118 cm³/mol. The summed E-state index contributed by atoms with van der Waals surface area (Å²) in [5.74, 6) is -0.174. The molecule has 0 spiro atoms. The zero-order valence-corrected chi connectivity index (χ0v) is 16.5. The van der Waals surface area contributed by atoms with Crippen LogP contribution < -0.4 is 0 Å². The van der Waals surface area contributed by atoms with E-state index in [2.05, 4.69) is 30.1 Å². The van der Waals surface area contributed by atoms with E-state index in [9.17, 15) is 8.78 Å². The van der Waals surface area contributed by atoms with Gasteiger partial charge in [-0.1, -0.05) is 18.2 Å². The van der Waals surface area contributed by atoms with Crippen LogP contribution in [0.1, 0.15) is 0 Å². The number of hydrogen-bond donors (Lipinski definition) is 2. The van der Waals surface area contributed by atoms with Gasteiger partial charge in [-0.3, -0.25) is 10.1 Å². The van der Waals surface area contributed by atoms with E-state index in [0.29, 0.717) is 44.7 Å². The quantitative estimate of drug-likeness (QED) is 0.393. The van der Waals surface area contributed by atoms with Crippen LogP contribution in [0, 0.1) is 11.6 Å². The van der Waals surface area contributed by atoms with Crippen molar-refractivity contribution >= 4 is 22.1 Å². The maximum absolute atomic E-state index is 14.7. The van der Waals surface area contributed by atoms with E-state index >= 15 is 0 Å². The Hall–Kier alpha value is -4.46. The minimum atomic E-state index is -0.370. The molecule has 0 aliphatic heterocycles. The summed E-state index contributed by atoms with van der Waals surface area (Å²) in [6.07, 6.45) is 4.91. The Morgan fingerprint density at radius 1 is 0.844 bits per heavy atom. The minimum Gasteiger partial charge on any atom is -0.335 e. The molecule has 0 amide bonds. The molecule has 0 bridgehead atoms. The Bertz CT molecular complexity index is 1590. The lowest BCUT2D eigenvalue weighted by Crippen LogP contribution is -1.87. The lowest BCUT2D eigenvalue weighted by Gasteiger charge is -2.04. The van der Waals surface area contributed by atoms with E-state index in [0.717, 1.165) is 11.1 Å². The van der Waals surface area contributed by atoms with E-state index < -0.39 is 0 Å². The van der Waals surface area contributed by atoms with E-state index in [4.69, 9.17) is 0 Å². The number of rotatable bonds is 3. The molecular formula is C24H14F2N6. The van der Waals surface area contributed by atoms with Crippen molar-refractivity contribution < 1.29 is 8.78 Å². The number of H-pyrrole nitrogens is 2. The summed E-state index contributed by atoms with van der Waals surface area (Å²) < 4.78 is 28.1. The topological polar surface area (TPSA) is 83.1 Å². The highest BCUT2D eigenvalue weighted by Gasteiger charge is 2.18. The summed E-state index contributed by atoms with van der Waals surface area (Å²) in [6, 6.07) is 14.8. The maximum Gasteiger partial charge on any atom is 0.178 e. The normalized spacial score (nSPS) is 11.4. The first-order valence-electron chi connectivity index (χ1n) is 9.86. The highest BCUT2D eigenvalue weighted by atomic mass is 19.1. The standard InChI is InChI=1S/C24H14F2N6/c25-15-5-3-13(4-6-15)16-7-9-28-23-21(16)29-24(30-23)22-18-10-17(14-2-1-8-27-12-14)19(26)11-20(18)31-32-22/h1-12H,(H,31,32)(H,28,29,30). The fourth-order valence-corrected chi connectivity index (χ4v) is 3.86. The Labute approximate surface area is 180 Å². The number of hydrogen-bond acceptors (Lipinski definition) is 4. The first-order valence-corrected chi connectivity index (χ1v) is 9.86. The number of imidazole rings is 1. The molecule has 0 fully saturated rings. The lowest BCUT2D eigenvalue weighted by molar-refractivity contribution is 0.628. The molecule has 154 valence electrons. The Kier molecular flexibility index (Phi) is 4.04. The van der Waals surface area contributed by atoms with Crippen molar-refractivity contribution in [2.45, 2.75) is 0 Å². The largest absolute Gasteiger partial charge is 0.335 e. The summed E-state index contributed by atoms with van der Waals surface area (Å²) in [7, 11) is 0. The van der Waals surface area contributed by atoms with Gasteiger partial charge in [0.15, 0.2) is 11.5 Å². The van der Waals surface area contributed by atoms with Crippen molar-refractivity contribution in [3.8, 4) is 33.8 Å². The maximum atomic E-state index is 14.7. The number of aromatic nitrogens is 6. The smallest absolute Gasteiger partial charge is 0.178 e. The number of pyridine rings is 2. The molecule has 32 heavy (non-hydrogen) atoms. The van der Waals surface area contributed by atoms with Gasteiger partial charge in [0.25, 0.3) is 0 Å². The number of nitrogens with zero attached hydrogens (tertiary/aromatic N) is 4. The van der Waals surface area contributed by atoms with Gasteiger partial charge in [-0.2, -0.15) is 5.10 Å². The first kappa shape index (κ1) is 18.3. The van der Waals surface area contributed by atoms with E-state index in [1.165, 1.54) is 18.2 Å². The average Bonchev–Trinajstić information content (AvgIpc) is 3.43. The molecule has 0 radical (unpaired) electrons. The molecule has 0 aliphatic carbocycles. The van der Waals surface area contributed by atoms with Gasteiger partial charge in [0.1, 0.15) is 17.3 Å². The van der Waals surface area contributed by atoms with Crippen LogP contribution in [-0.4, -0.2) is 30.1 Å². The Balaban J connectivity index is 1.52. The van der Waals surface area contributed by atoms with Crippen molar-refractivity contribution in [1.82, 2.24) is 30.1 Å². The van der Waals surface area contributed by atoms with Crippen molar-refractivity contribution in [3.05, 3.63) is 84.8 Å². The van der Waals surface area contributed by atoms with Gasteiger partial charge in [0.05, 0.1) is 11.0 Å². The van der Waals surface area contributed by atoms with E-state index in [-0.39, 0.29) is 11.6 Å². The molecule has 2 aromatic carbocycles. The van der Waals surface area contributed by atoms with Gasteiger partial charge in [0.2, 0.25) is 0 Å². The molecule has 8 heteroatoms. The second-order valence-electron chi connectivity index (χ2n) is 7.34. The monoisotopic (exact) mass is 424 g/mol. The molecule has 6 nitrogen and oxygen atoms in total. The third kappa shape index (κ3) is 2.92. The molecule has 4 aromatic heterocycles. The molecule has 0 atom stereocenters. The predicted octanol–water partition coefficient (Wildman–Crippen LogP) is 5.51. The Morgan fingerprint density at radius 3 is 2.53 bits per heavy atom. The Morgan fingerprint density at radius 2 is 1.72 bits per heavy atom. The van der Waals surface area contributed by atoms with Crippen LogP contribution in [0.5, 0.6) is 0 Å². The van der Waals surface area contributed by atoms with Crippen molar-refractivity contribution in [3.63, 3.8) is 0 Å². The van der Waals surface area contributed by atoms with Crippen LogP contribution in [0.3, 0.4) is 0 Å². The third-order valence-corrected chi connectivity index (χ3v) is 5.39. The summed E-state index contributed by atoms with van der Waals surface area (Å²) in [6.45, 7) is 0. The number of benzene rings is 2. The molecule has 0 saturated heterocycles. The fraction of sp³-hybridized carbons (Fsp3) is 0. The summed E-state index contributed by atoms with van der Waals surface area (Å²) in [5, 5.41) is 7.96. The SMILES string of the molecule is Fc1ccc(-c2ccnc3nc(-c4n[nH]c5cc(F)c(-c6cccnc6)cc45)[nH]c23)cc1. The van der Waals surface area contributed by atoms with Crippen LogP contribution >= 0.6 is 0 Å². The zero-order valence-electron chi connectivity index (χ0n) is 16.5. The van der Waals surface area contributed by atoms with E-state index in [1.54, 1.807) is 48.9 Å². The molecule has 0 saturated carbocycles. The highest BCUT2D eigenvalue weighted by Crippen LogP contribution is 2.33. The van der Waals surface area contributed by atoms with Crippen LogP contribution in [0.15, 0.2) is 73.2 Å². The molecule has 0 unspecified atom stereocenters. The number of halogens is 2. The molecule has 6 aromatic rings. The minimum absolute atomic E-state index is 0.302. The number of aromatic amines is 2. The summed E-state index contributed by atoms with van der Waals surface area (Å²) in [4.78, 5) is 16.3. The number of fused-ring (bicyclic) bond motifs is 2. The van der Waals surface area contributed by atoms with Gasteiger partial charge in [0, 0.05) is 46.7 Å². The lowest BCUT2D eigenvalue weighted by atomic mass is 10.0. The number of nitrogens with one attached hydrogen (secondary N) is 2. The summed E-state index contributed by atoms with van der Waals surface area (Å²) in [5.41, 5.74) is 5.09. The molecule has 0 aliphatic rings. The van der Waals surface area contributed by atoms with Crippen LogP contribution in [0.25, 0.3) is 55.8 Å². The molecule has 2 N–H and O–H groups in total. The van der Waals surface area contributed by atoms with Crippen LogP contribution in [0.2, 0.25) is 0 Å². The van der Waals surface area contributed by atoms with Gasteiger partial charge < -0.3 is 4.98 Å². The molecular weight excluding hydrogens is 410 g/mol. The highest BCUT2D eigenvalue weighted by molar-refractivity contribution is 5.97. The van der Waals surface area contributed by atoms with Crippen molar-refractivity contribution in [2.75, 3.05) is 0 Å². The van der Waals surface area contributed by atoms with Crippen molar-refractivity contribution in [1.29, 1.82) is 0 Å². The van der Waals surface area contributed by atoms with Crippen LogP contribution in [0.4, 0.5) is 8.78 Å². The molecule has 6 rings (SSSR count). The second kappa shape index (κ2) is 7.05. The van der Waals surface area contributed by atoms with Gasteiger partial charge >= 0.3 is 0 Å². The van der Waals surface area contributed by atoms with Crippen LogP contribution in [-0.2, 0) is 0 Å². The zero-order chi connectivity index (χ0) is 21.7.